The van der Waals surface area contributed by atoms with Gasteiger partial charge in [0.1, 0.15) is 0 Å². The second-order valence-electron chi connectivity index (χ2n) is 2.48. The summed E-state index contributed by atoms with van der Waals surface area (Å²) < 4.78 is 2.02. The maximum absolute atomic E-state index is 5.62. The Morgan fingerprint density at radius 2 is 2.45 bits per heavy atom. The minimum absolute atomic E-state index is 0.676. The number of aromatic nitrogens is 2. The summed E-state index contributed by atoms with van der Waals surface area (Å²) in [5.41, 5.74) is 1.24. The molecule has 0 saturated carbocycles. The predicted octanol–water partition coefficient (Wildman–Crippen LogP) is 2.07. The van der Waals surface area contributed by atoms with Crippen molar-refractivity contribution in [2.45, 2.75) is 26.3 Å². The van der Waals surface area contributed by atoms with E-state index in [1.54, 1.807) is 0 Å². The van der Waals surface area contributed by atoms with Gasteiger partial charge in [0.25, 0.3) is 0 Å². The molecule has 62 valence electrons. The van der Waals surface area contributed by atoms with Gasteiger partial charge in [0, 0.05) is 30.7 Å². The van der Waals surface area contributed by atoms with Gasteiger partial charge in [0.15, 0.2) is 0 Å². The molecular formula is C8H13ClN2. The zero-order valence-corrected chi connectivity index (χ0v) is 7.51. The average molecular weight is 173 g/mol. The molecule has 0 amide bonds. The number of aryl methyl sites for hydroxylation is 2. The molecule has 0 bridgehead atoms. The first-order valence-corrected chi connectivity index (χ1v) is 4.48. The van der Waals surface area contributed by atoms with Crippen molar-refractivity contribution in [1.82, 2.24) is 9.78 Å². The van der Waals surface area contributed by atoms with Crippen LogP contribution in [0.1, 0.15) is 19.0 Å². The summed E-state index contributed by atoms with van der Waals surface area (Å²) in [4.78, 5) is 0. The molecule has 0 N–H and O–H groups in total. The highest BCUT2D eigenvalue weighted by Crippen LogP contribution is 2.01. The standard InChI is InChI=1S/C8H13ClN2/c1-2-7-11-8(3-5-9)4-6-10-11/h4,6H,2-3,5,7H2,1H3. The van der Waals surface area contributed by atoms with Crippen LogP contribution in [0.15, 0.2) is 12.3 Å². The highest BCUT2D eigenvalue weighted by Gasteiger charge is 1.98. The Balaban J connectivity index is 2.62. The van der Waals surface area contributed by atoms with Crippen molar-refractivity contribution in [3.05, 3.63) is 18.0 Å². The fourth-order valence-corrected chi connectivity index (χ4v) is 1.28. The zero-order valence-electron chi connectivity index (χ0n) is 6.76. The molecule has 0 atom stereocenters. The molecule has 3 heteroatoms. The largest absolute Gasteiger partial charge is 0.270 e. The highest BCUT2D eigenvalue weighted by atomic mass is 35.5. The van der Waals surface area contributed by atoms with Crippen LogP contribution in [0.25, 0.3) is 0 Å². The molecule has 0 aliphatic rings. The molecule has 0 spiro atoms. The number of alkyl halides is 1. The van der Waals surface area contributed by atoms with Crippen molar-refractivity contribution in [2.75, 3.05) is 5.88 Å². The molecule has 11 heavy (non-hydrogen) atoms. The molecule has 0 aliphatic heterocycles. The topological polar surface area (TPSA) is 17.8 Å². The Labute approximate surface area is 72.2 Å². The van der Waals surface area contributed by atoms with Gasteiger partial charge in [-0.2, -0.15) is 5.10 Å². The molecule has 0 saturated heterocycles. The van der Waals surface area contributed by atoms with Gasteiger partial charge in [-0.05, 0) is 12.5 Å². The first-order valence-electron chi connectivity index (χ1n) is 3.95. The van der Waals surface area contributed by atoms with E-state index in [-0.39, 0.29) is 0 Å². The van der Waals surface area contributed by atoms with Crippen molar-refractivity contribution in [2.24, 2.45) is 0 Å². The van der Waals surface area contributed by atoms with Crippen LogP contribution >= 0.6 is 11.6 Å². The SMILES string of the molecule is CCCn1nccc1CCCl. The first-order chi connectivity index (χ1) is 5.38. The van der Waals surface area contributed by atoms with Crippen molar-refractivity contribution in [3.8, 4) is 0 Å². The molecule has 0 fully saturated rings. The van der Waals surface area contributed by atoms with Crippen LogP contribution in [0.3, 0.4) is 0 Å². The molecule has 0 radical (unpaired) electrons. The van der Waals surface area contributed by atoms with Crippen LogP contribution < -0.4 is 0 Å². The summed E-state index contributed by atoms with van der Waals surface area (Å²) in [7, 11) is 0. The molecule has 0 unspecified atom stereocenters. The van der Waals surface area contributed by atoms with E-state index in [4.69, 9.17) is 11.6 Å². The van der Waals surface area contributed by atoms with Crippen molar-refractivity contribution in [3.63, 3.8) is 0 Å². The van der Waals surface area contributed by atoms with Gasteiger partial charge in [-0.25, -0.2) is 0 Å². The molecular weight excluding hydrogens is 160 g/mol. The molecule has 0 aliphatic carbocycles. The van der Waals surface area contributed by atoms with E-state index < -0.39 is 0 Å². The number of hydrogen-bond donors (Lipinski definition) is 0. The Morgan fingerprint density at radius 1 is 1.64 bits per heavy atom. The number of nitrogens with zero attached hydrogens (tertiary/aromatic N) is 2. The van der Waals surface area contributed by atoms with Crippen molar-refractivity contribution < 1.29 is 0 Å². The third-order valence-electron chi connectivity index (χ3n) is 1.59. The van der Waals surface area contributed by atoms with Crippen LogP contribution in [0, 0.1) is 0 Å². The van der Waals surface area contributed by atoms with Crippen molar-refractivity contribution in [1.29, 1.82) is 0 Å². The fourth-order valence-electron chi connectivity index (χ4n) is 1.08. The van der Waals surface area contributed by atoms with Gasteiger partial charge >= 0.3 is 0 Å². The number of halogens is 1. The van der Waals surface area contributed by atoms with Gasteiger partial charge in [-0.3, -0.25) is 4.68 Å². The lowest BCUT2D eigenvalue weighted by Crippen LogP contribution is -2.04. The molecule has 1 heterocycles. The van der Waals surface area contributed by atoms with Crippen LogP contribution in [-0.2, 0) is 13.0 Å². The summed E-state index contributed by atoms with van der Waals surface area (Å²) in [5.74, 6) is 0.676. The molecule has 1 aromatic heterocycles. The van der Waals surface area contributed by atoms with E-state index in [0.717, 1.165) is 19.4 Å². The monoisotopic (exact) mass is 172 g/mol. The van der Waals surface area contributed by atoms with Crippen LogP contribution in [0.5, 0.6) is 0 Å². The Bertz CT molecular complexity index is 187. The molecule has 1 rings (SSSR count). The third kappa shape index (κ3) is 2.22. The fraction of sp³-hybridized carbons (Fsp3) is 0.625. The normalized spacial score (nSPS) is 10.4. The predicted molar refractivity (Wildman–Crippen MR) is 46.9 cm³/mol. The second-order valence-corrected chi connectivity index (χ2v) is 2.86. The molecule has 2 nitrogen and oxygen atoms in total. The Kier molecular flexibility index (Phi) is 3.43. The molecule has 1 aromatic rings. The smallest absolute Gasteiger partial charge is 0.0492 e. The maximum atomic E-state index is 5.62. The second kappa shape index (κ2) is 4.39. The van der Waals surface area contributed by atoms with Crippen LogP contribution in [-0.4, -0.2) is 15.7 Å². The van der Waals surface area contributed by atoms with E-state index in [1.807, 2.05) is 16.9 Å². The average Bonchev–Trinajstić information content (AvgIpc) is 2.39. The number of rotatable bonds is 4. The minimum Gasteiger partial charge on any atom is -0.270 e. The van der Waals surface area contributed by atoms with E-state index in [1.165, 1.54) is 5.69 Å². The lowest BCUT2D eigenvalue weighted by molar-refractivity contribution is 0.578. The highest BCUT2D eigenvalue weighted by molar-refractivity contribution is 6.17. The quantitative estimate of drug-likeness (QED) is 0.636. The Hall–Kier alpha value is -0.500. The Morgan fingerprint density at radius 3 is 3.09 bits per heavy atom. The van der Waals surface area contributed by atoms with Gasteiger partial charge in [0.05, 0.1) is 0 Å². The van der Waals surface area contributed by atoms with E-state index in [9.17, 15) is 0 Å². The van der Waals surface area contributed by atoms with E-state index in [0.29, 0.717) is 5.88 Å². The van der Waals surface area contributed by atoms with Gasteiger partial charge in [0.2, 0.25) is 0 Å². The number of hydrogen-bond acceptors (Lipinski definition) is 1. The summed E-state index contributed by atoms with van der Waals surface area (Å²) in [6, 6.07) is 2.03. The van der Waals surface area contributed by atoms with E-state index in [2.05, 4.69) is 12.0 Å². The summed E-state index contributed by atoms with van der Waals surface area (Å²) in [6.45, 7) is 3.14. The van der Waals surface area contributed by atoms with Crippen LogP contribution in [0.4, 0.5) is 0 Å². The van der Waals surface area contributed by atoms with Crippen molar-refractivity contribution >= 4 is 11.6 Å². The first kappa shape index (κ1) is 8.60. The zero-order chi connectivity index (χ0) is 8.10. The van der Waals surface area contributed by atoms with Gasteiger partial charge in [-0.15, -0.1) is 11.6 Å². The minimum atomic E-state index is 0.676. The van der Waals surface area contributed by atoms with E-state index >= 15 is 0 Å². The molecule has 0 aromatic carbocycles. The van der Waals surface area contributed by atoms with Gasteiger partial charge < -0.3 is 0 Å². The maximum Gasteiger partial charge on any atom is 0.0492 e. The summed E-state index contributed by atoms with van der Waals surface area (Å²) in [6.07, 6.45) is 3.87. The lowest BCUT2D eigenvalue weighted by atomic mass is 10.3. The third-order valence-corrected chi connectivity index (χ3v) is 1.78. The summed E-state index contributed by atoms with van der Waals surface area (Å²) in [5, 5.41) is 4.18. The van der Waals surface area contributed by atoms with Gasteiger partial charge in [-0.1, -0.05) is 6.92 Å². The lowest BCUT2D eigenvalue weighted by Gasteiger charge is -2.02. The summed E-state index contributed by atoms with van der Waals surface area (Å²) >= 11 is 5.62. The van der Waals surface area contributed by atoms with Crippen LogP contribution in [0.2, 0.25) is 0 Å².